The highest BCUT2D eigenvalue weighted by molar-refractivity contribution is 5.97. The molecule has 0 spiro atoms. The third-order valence-corrected chi connectivity index (χ3v) is 2.32. The van der Waals surface area contributed by atoms with Crippen LogP contribution in [0.5, 0.6) is 0 Å². The van der Waals surface area contributed by atoms with E-state index in [0.717, 1.165) is 6.42 Å². The summed E-state index contributed by atoms with van der Waals surface area (Å²) in [6.07, 6.45) is 0.796. The highest BCUT2D eigenvalue weighted by Crippen LogP contribution is 2.09. The average Bonchev–Trinajstić information content (AvgIpc) is 2.42. The molecule has 0 fully saturated rings. The van der Waals surface area contributed by atoms with Crippen molar-refractivity contribution in [2.75, 3.05) is 25.6 Å². The van der Waals surface area contributed by atoms with Crippen LogP contribution in [0.1, 0.15) is 16.8 Å². The number of guanidine groups is 1. The monoisotopic (exact) mass is 265 g/mol. The van der Waals surface area contributed by atoms with Gasteiger partial charge in [0.1, 0.15) is 0 Å². The van der Waals surface area contributed by atoms with E-state index in [1.807, 2.05) is 0 Å². The van der Waals surface area contributed by atoms with Gasteiger partial charge >= 0.3 is 0 Å². The van der Waals surface area contributed by atoms with Crippen LogP contribution >= 0.6 is 0 Å². The van der Waals surface area contributed by atoms with Gasteiger partial charge in [-0.3, -0.25) is 15.2 Å². The third kappa shape index (κ3) is 5.36. The molecule has 1 rings (SSSR count). The van der Waals surface area contributed by atoms with E-state index in [9.17, 15) is 4.79 Å². The molecule has 1 amide bonds. The molecule has 7 nitrogen and oxygen atoms in total. The van der Waals surface area contributed by atoms with Gasteiger partial charge in [-0.15, -0.1) is 0 Å². The number of hydrogen-bond acceptors (Lipinski definition) is 4. The molecule has 7 heteroatoms. The molecular weight excluding hydrogens is 246 g/mol. The number of nitrogens with zero attached hydrogens (tertiary/aromatic N) is 1. The molecule has 0 bridgehead atoms. The van der Waals surface area contributed by atoms with Gasteiger partial charge in [-0.25, -0.2) is 5.84 Å². The second kappa shape index (κ2) is 8.06. The van der Waals surface area contributed by atoms with Crippen molar-refractivity contribution in [2.24, 2.45) is 16.6 Å². The van der Waals surface area contributed by atoms with Crippen molar-refractivity contribution in [3.63, 3.8) is 0 Å². The zero-order valence-electron chi connectivity index (χ0n) is 10.8. The maximum atomic E-state index is 11.1. The lowest BCUT2D eigenvalue weighted by Gasteiger charge is -2.09. The fourth-order valence-electron chi connectivity index (χ4n) is 1.41. The number of carbonyl (C=O) groups excluding carboxylic acids is 1. The minimum absolute atomic E-state index is 0.415. The molecule has 0 atom stereocenters. The Hall–Kier alpha value is -2.12. The van der Waals surface area contributed by atoms with E-state index in [-0.39, 0.29) is 0 Å². The number of benzene rings is 1. The Morgan fingerprint density at radius 2 is 2.26 bits per heavy atom. The molecule has 0 radical (unpaired) electrons. The summed E-state index contributed by atoms with van der Waals surface area (Å²) in [7, 11) is 1.64. The molecule has 0 aliphatic carbocycles. The first-order valence-corrected chi connectivity index (χ1v) is 5.84. The minimum Gasteiger partial charge on any atom is -0.385 e. The molecule has 0 aromatic heterocycles. The molecule has 1 aromatic rings. The summed E-state index contributed by atoms with van der Waals surface area (Å²) in [6.45, 7) is 1.22. The zero-order chi connectivity index (χ0) is 14.1. The maximum absolute atomic E-state index is 11.1. The van der Waals surface area contributed by atoms with Crippen LogP contribution in [0.25, 0.3) is 0 Å². The Morgan fingerprint density at radius 1 is 1.47 bits per heavy atom. The van der Waals surface area contributed by atoms with Crippen LogP contribution < -0.4 is 22.3 Å². The number of methoxy groups -OCH3 is 1. The van der Waals surface area contributed by atoms with Crippen molar-refractivity contribution in [2.45, 2.75) is 6.42 Å². The number of primary amides is 1. The summed E-state index contributed by atoms with van der Waals surface area (Å²) < 4.78 is 4.92. The van der Waals surface area contributed by atoms with Crippen LogP contribution in [0.2, 0.25) is 0 Å². The van der Waals surface area contributed by atoms with Gasteiger partial charge in [0.25, 0.3) is 0 Å². The van der Waals surface area contributed by atoms with Crippen molar-refractivity contribution >= 4 is 17.6 Å². The number of ether oxygens (including phenoxy) is 1. The topological polar surface area (TPSA) is 115 Å². The Morgan fingerprint density at radius 3 is 2.89 bits per heavy atom. The molecule has 0 unspecified atom stereocenters. The first-order chi connectivity index (χ1) is 9.17. The largest absolute Gasteiger partial charge is 0.385 e. The van der Waals surface area contributed by atoms with Crippen LogP contribution in [0.3, 0.4) is 0 Å². The van der Waals surface area contributed by atoms with Crippen molar-refractivity contribution < 1.29 is 9.53 Å². The quantitative estimate of drug-likeness (QED) is 0.191. The number of amides is 1. The van der Waals surface area contributed by atoms with Crippen LogP contribution in [0, 0.1) is 0 Å². The molecule has 0 aliphatic heterocycles. The van der Waals surface area contributed by atoms with Crippen LogP contribution in [-0.4, -0.2) is 32.1 Å². The van der Waals surface area contributed by atoms with Gasteiger partial charge in [0, 0.05) is 31.5 Å². The number of rotatable bonds is 6. The van der Waals surface area contributed by atoms with E-state index in [1.54, 1.807) is 31.4 Å². The van der Waals surface area contributed by atoms with E-state index in [2.05, 4.69) is 15.7 Å². The van der Waals surface area contributed by atoms with Gasteiger partial charge in [0.2, 0.25) is 11.9 Å². The van der Waals surface area contributed by atoms with Gasteiger partial charge in [0.05, 0.1) is 0 Å². The van der Waals surface area contributed by atoms with Gasteiger partial charge in [-0.1, -0.05) is 6.07 Å². The van der Waals surface area contributed by atoms with Gasteiger partial charge in [-0.05, 0) is 24.6 Å². The van der Waals surface area contributed by atoms with E-state index in [4.69, 9.17) is 16.3 Å². The molecule has 0 aliphatic rings. The Kier molecular flexibility index (Phi) is 6.34. The highest BCUT2D eigenvalue weighted by Gasteiger charge is 2.02. The third-order valence-electron chi connectivity index (χ3n) is 2.32. The smallest absolute Gasteiger partial charge is 0.248 e. The maximum Gasteiger partial charge on any atom is 0.248 e. The van der Waals surface area contributed by atoms with Crippen molar-refractivity contribution in [3.05, 3.63) is 29.8 Å². The molecular formula is C12H19N5O2. The average molecular weight is 265 g/mol. The summed E-state index contributed by atoms with van der Waals surface area (Å²) in [6, 6.07) is 6.78. The summed E-state index contributed by atoms with van der Waals surface area (Å²) >= 11 is 0. The van der Waals surface area contributed by atoms with Crippen LogP contribution in [0.15, 0.2) is 29.3 Å². The van der Waals surface area contributed by atoms with E-state index in [0.29, 0.717) is 30.4 Å². The normalized spacial score (nSPS) is 11.2. The van der Waals surface area contributed by atoms with Crippen molar-refractivity contribution in [3.8, 4) is 0 Å². The molecule has 104 valence electrons. The Bertz CT molecular complexity index is 448. The summed E-state index contributed by atoms with van der Waals surface area (Å²) in [5.74, 6) is 5.30. The van der Waals surface area contributed by atoms with Gasteiger partial charge in [-0.2, -0.15) is 0 Å². The van der Waals surface area contributed by atoms with E-state index < -0.39 is 5.91 Å². The van der Waals surface area contributed by atoms with Crippen LogP contribution in [0.4, 0.5) is 5.69 Å². The minimum atomic E-state index is -0.483. The molecule has 0 heterocycles. The second-order valence-electron chi connectivity index (χ2n) is 3.79. The second-order valence-corrected chi connectivity index (χ2v) is 3.79. The number of aliphatic imine (C=N–C) groups is 1. The number of hydrogen-bond donors (Lipinski definition) is 4. The van der Waals surface area contributed by atoms with Gasteiger partial charge < -0.3 is 15.8 Å². The Labute approximate surface area is 112 Å². The lowest BCUT2D eigenvalue weighted by molar-refractivity contribution is 0.100. The van der Waals surface area contributed by atoms with Crippen molar-refractivity contribution in [1.29, 1.82) is 0 Å². The molecule has 0 saturated carbocycles. The van der Waals surface area contributed by atoms with Crippen molar-refractivity contribution in [1.82, 2.24) is 5.43 Å². The van der Waals surface area contributed by atoms with Crippen LogP contribution in [-0.2, 0) is 4.74 Å². The zero-order valence-corrected chi connectivity index (χ0v) is 10.8. The fourth-order valence-corrected chi connectivity index (χ4v) is 1.41. The number of hydrazine groups is 1. The summed E-state index contributed by atoms with van der Waals surface area (Å²) in [5.41, 5.74) is 8.76. The van der Waals surface area contributed by atoms with Gasteiger partial charge in [0.15, 0.2) is 0 Å². The predicted molar refractivity (Wildman–Crippen MR) is 74.7 cm³/mol. The lowest BCUT2D eigenvalue weighted by Crippen LogP contribution is -2.36. The van der Waals surface area contributed by atoms with E-state index >= 15 is 0 Å². The Balaban J connectivity index is 2.64. The number of nitrogens with one attached hydrogen (secondary N) is 2. The van der Waals surface area contributed by atoms with E-state index in [1.165, 1.54) is 0 Å². The summed E-state index contributed by atoms with van der Waals surface area (Å²) in [4.78, 5) is 15.3. The molecule has 6 N–H and O–H groups in total. The number of anilines is 1. The molecule has 0 saturated heterocycles. The lowest BCUT2D eigenvalue weighted by atomic mass is 10.2. The first-order valence-electron chi connectivity index (χ1n) is 5.84. The predicted octanol–water partition coefficient (Wildman–Crippen LogP) is 0.0532. The summed E-state index contributed by atoms with van der Waals surface area (Å²) in [5, 5.41) is 2.97. The standard InChI is InChI=1S/C12H19N5O2/c1-19-7-3-6-15-12(17-14)16-10-5-2-4-9(8-10)11(13)18/h2,4-5,8H,3,6-7,14H2,1H3,(H2,13,18)(H2,15,16,17). The first kappa shape index (κ1) is 14.9. The molecule has 1 aromatic carbocycles. The number of carbonyl (C=O) groups is 1. The molecule has 19 heavy (non-hydrogen) atoms. The SMILES string of the molecule is COCCCN=C(NN)Nc1cccc(C(N)=O)c1. The number of nitrogens with two attached hydrogens (primary N) is 2. The fraction of sp³-hybridized carbons (Fsp3) is 0.333. The highest BCUT2D eigenvalue weighted by atomic mass is 16.5.